The van der Waals surface area contributed by atoms with Gasteiger partial charge in [-0.05, 0) is 74.9 Å². The van der Waals surface area contributed by atoms with Gasteiger partial charge in [-0.15, -0.1) is 0 Å². The lowest BCUT2D eigenvalue weighted by Gasteiger charge is -2.34. The van der Waals surface area contributed by atoms with Gasteiger partial charge in [-0.2, -0.15) is 0 Å². The van der Waals surface area contributed by atoms with Gasteiger partial charge in [0.15, 0.2) is 0 Å². The van der Waals surface area contributed by atoms with Crippen LogP contribution in [-0.2, 0) is 0 Å². The van der Waals surface area contributed by atoms with Crippen LogP contribution < -0.4 is 10.6 Å². The Hall–Kier alpha value is -2.49. The Bertz CT molecular complexity index is 780. The summed E-state index contributed by atoms with van der Waals surface area (Å²) in [4.78, 5) is 14.7. The Morgan fingerprint density at radius 1 is 1.00 bits per heavy atom. The van der Waals surface area contributed by atoms with E-state index in [0.29, 0.717) is 0 Å². The van der Waals surface area contributed by atoms with Crippen LogP contribution in [0.3, 0.4) is 0 Å². The average molecular weight is 351 g/mol. The summed E-state index contributed by atoms with van der Waals surface area (Å²) >= 11 is 0. The number of carbonyl (C=O) groups is 1. The third-order valence-corrected chi connectivity index (χ3v) is 5.30. The predicted molar refractivity (Wildman–Crippen MR) is 109 cm³/mol. The maximum atomic E-state index is 12.8. The molecular formula is C22H29N3O. The van der Waals surface area contributed by atoms with Crippen LogP contribution in [0.25, 0.3) is 0 Å². The molecule has 0 spiro atoms. The SMILES string of the molecule is Cc1ccc(N[C@H]2CCCN(C(=O)Nc3c(C)cccc3C)C2)cc1C. The van der Waals surface area contributed by atoms with Crippen LogP contribution in [0.5, 0.6) is 0 Å². The van der Waals surface area contributed by atoms with Crippen molar-refractivity contribution in [3.8, 4) is 0 Å². The predicted octanol–water partition coefficient (Wildman–Crippen LogP) is 5.03. The van der Waals surface area contributed by atoms with Crippen molar-refractivity contribution in [2.45, 2.75) is 46.6 Å². The van der Waals surface area contributed by atoms with E-state index in [0.717, 1.165) is 48.4 Å². The van der Waals surface area contributed by atoms with Crippen molar-refractivity contribution < 1.29 is 4.79 Å². The molecular weight excluding hydrogens is 322 g/mol. The molecule has 0 radical (unpaired) electrons. The molecule has 1 saturated heterocycles. The van der Waals surface area contributed by atoms with Gasteiger partial charge in [0.05, 0.1) is 0 Å². The van der Waals surface area contributed by atoms with Crippen molar-refractivity contribution in [3.05, 3.63) is 58.7 Å². The van der Waals surface area contributed by atoms with E-state index < -0.39 is 0 Å². The summed E-state index contributed by atoms with van der Waals surface area (Å²) < 4.78 is 0. The van der Waals surface area contributed by atoms with Crippen LogP contribution in [-0.4, -0.2) is 30.1 Å². The summed E-state index contributed by atoms with van der Waals surface area (Å²) in [6.45, 7) is 9.85. The van der Waals surface area contributed by atoms with Gasteiger partial charge in [0, 0.05) is 30.5 Å². The number of carbonyl (C=O) groups excluding carboxylic acids is 1. The number of nitrogens with zero attached hydrogens (tertiary/aromatic N) is 1. The fourth-order valence-electron chi connectivity index (χ4n) is 3.54. The molecule has 1 aliphatic heterocycles. The van der Waals surface area contributed by atoms with Crippen molar-refractivity contribution in [2.75, 3.05) is 23.7 Å². The Labute approximate surface area is 156 Å². The number of piperidine rings is 1. The zero-order valence-electron chi connectivity index (χ0n) is 16.2. The number of likely N-dealkylation sites (tertiary alicyclic amines) is 1. The molecule has 2 N–H and O–H groups in total. The van der Waals surface area contributed by atoms with E-state index >= 15 is 0 Å². The molecule has 2 amide bonds. The minimum Gasteiger partial charge on any atom is -0.381 e. The highest BCUT2D eigenvalue weighted by Gasteiger charge is 2.24. The molecule has 2 aromatic rings. The number of urea groups is 1. The van der Waals surface area contributed by atoms with E-state index in [1.54, 1.807) is 0 Å². The average Bonchev–Trinajstić information content (AvgIpc) is 2.61. The fraction of sp³-hybridized carbons (Fsp3) is 0.409. The zero-order valence-corrected chi connectivity index (χ0v) is 16.2. The molecule has 4 nitrogen and oxygen atoms in total. The van der Waals surface area contributed by atoms with E-state index in [2.05, 4.69) is 42.7 Å². The summed E-state index contributed by atoms with van der Waals surface area (Å²) in [5.74, 6) is 0. The topological polar surface area (TPSA) is 44.4 Å². The number of benzene rings is 2. The molecule has 0 saturated carbocycles. The second-order valence-corrected chi connectivity index (χ2v) is 7.43. The van der Waals surface area contributed by atoms with Crippen molar-refractivity contribution >= 4 is 17.4 Å². The molecule has 3 rings (SSSR count). The molecule has 0 unspecified atom stereocenters. The second kappa shape index (κ2) is 7.81. The largest absolute Gasteiger partial charge is 0.381 e. The highest BCUT2D eigenvalue weighted by atomic mass is 16.2. The van der Waals surface area contributed by atoms with Crippen LogP contribution in [0.2, 0.25) is 0 Å². The highest BCUT2D eigenvalue weighted by molar-refractivity contribution is 5.91. The zero-order chi connectivity index (χ0) is 18.7. The molecule has 138 valence electrons. The van der Waals surface area contributed by atoms with E-state index in [9.17, 15) is 4.79 Å². The van der Waals surface area contributed by atoms with Gasteiger partial charge >= 0.3 is 6.03 Å². The molecule has 4 heteroatoms. The van der Waals surface area contributed by atoms with Crippen LogP contribution in [0.15, 0.2) is 36.4 Å². The van der Waals surface area contributed by atoms with Gasteiger partial charge in [-0.3, -0.25) is 0 Å². The smallest absolute Gasteiger partial charge is 0.321 e. The molecule has 0 aliphatic carbocycles. The van der Waals surface area contributed by atoms with Crippen LogP contribution >= 0.6 is 0 Å². The van der Waals surface area contributed by atoms with Crippen LogP contribution in [0, 0.1) is 27.7 Å². The maximum absolute atomic E-state index is 12.8. The van der Waals surface area contributed by atoms with Crippen molar-refractivity contribution in [2.24, 2.45) is 0 Å². The highest BCUT2D eigenvalue weighted by Crippen LogP contribution is 2.22. The number of anilines is 2. The number of nitrogens with one attached hydrogen (secondary N) is 2. The van der Waals surface area contributed by atoms with E-state index in [4.69, 9.17) is 0 Å². The number of para-hydroxylation sites is 1. The van der Waals surface area contributed by atoms with Gasteiger partial charge in [-0.25, -0.2) is 4.79 Å². The van der Waals surface area contributed by atoms with Gasteiger partial charge < -0.3 is 15.5 Å². The first-order valence-corrected chi connectivity index (χ1v) is 9.40. The number of aryl methyl sites for hydroxylation is 4. The van der Waals surface area contributed by atoms with Gasteiger partial charge in [0.2, 0.25) is 0 Å². The minimum absolute atomic E-state index is 0.00557. The first-order valence-electron chi connectivity index (χ1n) is 9.40. The Morgan fingerprint density at radius 3 is 2.42 bits per heavy atom. The molecule has 2 aromatic carbocycles. The van der Waals surface area contributed by atoms with Crippen LogP contribution in [0.4, 0.5) is 16.2 Å². The summed E-state index contributed by atoms with van der Waals surface area (Å²) in [5.41, 5.74) is 6.85. The number of hydrogen-bond acceptors (Lipinski definition) is 2. The second-order valence-electron chi connectivity index (χ2n) is 7.43. The Morgan fingerprint density at radius 2 is 1.73 bits per heavy atom. The lowest BCUT2D eigenvalue weighted by atomic mass is 10.0. The van der Waals surface area contributed by atoms with Crippen molar-refractivity contribution in [1.29, 1.82) is 0 Å². The van der Waals surface area contributed by atoms with Crippen molar-refractivity contribution in [3.63, 3.8) is 0 Å². The lowest BCUT2D eigenvalue weighted by molar-refractivity contribution is 0.196. The van der Waals surface area contributed by atoms with Crippen LogP contribution in [0.1, 0.15) is 35.1 Å². The molecule has 1 heterocycles. The standard InChI is InChI=1S/C22H29N3O/c1-15-10-11-19(13-18(15)4)23-20-9-6-12-25(14-20)22(26)24-21-16(2)7-5-8-17(21)3/h5,7-8,10-11,13,20,23H,6,9,12,14H2,1-4H3,(H,24,26)/t20-/m0/s1. The normalized spacial score (nSPS) is 17.1. The summed E-state index contributed by atoms with van der Waals surface area (Å²) in [6.07, 6.45) is 2.10. The molecule has 26 heavy (non-hydrogen) atoms. The van der Waals surface area contributed by atoms with E-state index in [1.807, 2.05) is 36.9 Å². The van der Waals surface area contributed by atoms with Gasteiger partial charge in [0.1, 0.15) is 0 Å². The monoisotopic (exact) mass is 351 g/mol. The lowest BCUT2D eigenvalue weighted by Crippen LogP contribution is -2.46. The van der Waals surface area contributed by atoms with Gasteiger partial charge in [-0.1, -0.05) is 24.3 Å². The number of rotatable bonds is 3. The molecule has 1 fully saturated rings. The molecule has 1 atom stereocenters. The number of amides is 2. The Balaban J connectivity index is 1.64. The number of hydrogen-bond donors (Lipinski definition) is 2. The molecule has 0 aromatic heterocycles. The van der Waals surface area contributed by atoms with E-state index in [1.165, 1.54) is 11.1 Å². The summed E-state index contributed by atoms with van der Waals surface area (Å²) in [6, 6.07) is 12.8. The first-order chi connectivity index (χ1) is 12.4. The third kappa shape index (κ3) is 4.18. The van der Waals surface area contributed by atoms with Crippen molar-refractivity contribution in [1.82, 2.24) is 4.90 Å². The minimum atomic E-state index is -0.00557. The quantitative estimate of drug-likeness (QED) is 0.815. The molecule has 0 bridgehead atoms. The third-order valence-electron chi connectivity index (χ3n) is 5.30. The summed E-state index contributed by atoms with van der Waals surface area (Å²) in [7, 11) is 0. The fourth-order valence-corrected chi connectivity index (χ4v) is 3.54. The molecule has 1 aliphatic rings. The summed E-state index contributed by atoms with van der Waals surface area (Å²) in [5, 5.41) is 6.71. The first kappa shape index (κ1) is 18.3. The van der Waals surface area contributed by atoms with E-state index in [-0.39, 0.29) is 12.1 Å². The Kier molecular flexibility index (Phi) is 5.50. The van der Waals surface area contributed by atoms with Gasteiger partial charge in [0.25, 0.3) is 0 Å². The maximum Gasteiger partial charge on any atom is 0.321 e.